The van der Waals surface area contributed by atoms with E-state index < -0.39 is 0 Å². The van der Waals surface area contributed by atoms with E-state index in [-0.39, 0.29) is 0 Å². The first-order chi connectivity index (χ1) is 30.2. The van der Waals surface area contributed by atoms with Crippen LogP contribution in [0.1, 0.15) is 0 Å². The summed E-state index contributed by atoms with van der Waals surface area (Å²) in [5, 5.41) is 4.67. The molecule has 0 aliphatic heterocycles. The molecular formula is C58H38N2O. The minimum Gasteiger partial charge on any atom is -0.456 e. The Bertz CT molecular complexity index is 3460. The number of benzene rings is 9. The van der Waals surface area contributed by atoms with Gasteiger partial charge < -0.3 is 13.7 Å². The third kappa shape index (κ3) is 5.90. The van der Waals surface area contributed by atoms with Crippen molar-refractivity contribution in [2.75, 3.05) is 4.90 Å². The highest BCUT2D eigenvalue weighted by atomic mass is 16.3. The summed E-state index contributed by atoms with van der Waals surface area (Å²) < 4.78 is 8.84. The van der Waals surface area contributed by atoms with Crippen LogP contribution in [0.25, 0.3) is 93.8 Å². The molecule has 3 heteroatoms. The lowest BCUT2D eigenvalue weighted by Gasteiger charge is -2.26. The van der Waals surface area contributed by atoms with Crippen LogP contribution in [0.2, 0.25) is 0 Å². The summed E-state index contributed by atoms with van der Waals surface area (Å²) in [6.07, 6.45) is 0. The molecule has 0 bridgehead atoms. The van der Waals surface area contributed by atoms with Crippen LogP contribution in [-0.4, -0.2) is 4.40 Å². The lowest BCUT2D eigenvalue weighted by atomic mass is 9.99. The molecule has 3 aromatic heterocycles. The fraction of sp³-hybridized carbons (Fsp3) is 0. The van der Waals surface area contributed by atoms with E-state index in [0.29, 0.717) is 0 Å². The number of rotatable bonds is 7. The molecule has 0 unspecified atom stereocenters. The second kappa shape index (κ2) is 14.3. The zero-order valence-electron chi connectivity index (χ0n) is 33.2. The SMILES string of the molecule is c1ccc(-c2ccc(N(c3ccc(-c4ccccc4)cc3)c3ccc(-c4cccc5ccc6c(-c7ccc8c(c7)oc7ccccc78)c7ccccc7n6c45)cc3)cc2)cc1. The normalized spacial score (nSPS) is 11.6. The Kier molecular flexibility index (Phi) is 8.17. The smallest absolute Gasteiger partial charge is 0.136 e. The Labute approximate surface area is 353 Å². The van der Waals surface area contributed by atoms with Crippen LogP contribution in [0.15, 0.2) is 235 Å². The molecular weight excluding hydrogens is 741 g/mol. The molecule has 286 valence electrons. The van der Waals surface area contributed by atoms with Crippen molar-refractivity contribution >= 4 is 66.3 Å². The highest BCUT2D eigenvalue weighted by Gasteiger charge is 2.20. The van der Waals surface area contributed by atoms with Crippen molar-refractivity contribution in [2.24, 2.45) is 0 Å². The maximum Gasteiger partial charge on any atom is 0.136 e. The van der Waals surface area contributed by atoms with E-state index >= 15 is 0 Å². The number of aromatic nitrogens is 1. The van der Waals surface area contributed by atoms with Crippen molar-refractivity contribution in [1.29, 1.82) is 0 Å². The Morgan fingerprint density at radius 3 is 1.51 bits per heavy atom. The second-order valence-electron chi connectivity index (χ2n) is 15.7. The molecule has 9 aromatic carbocycles. The monoisotopic (exact) mass is 778 g/mol. The van der Waals surface area contributed by atoms with Crippen LogP contribution in [0, 0.1) is 0 Å². The lowest BCUT2D eigenvalue weighted by Crippen LogP contribution is -2.09. The third-order valence-electron chi connectivity index (χ3n) is 12.2. The van der Waals surface area contributed by atoms with Crippen LogP contribution >= 0.6 is 0 Å². The quantitative estimate of drug-likeness (QED) is 0.161. The van der Waals surface area contributed by atoms with Crippen molar-refractivity contribution in [3.05, 3.63) is 231 Å². The lowest BCUT2D eigenvalue weighted by molar-refractivity contribution is 0.669. The van der Waals surface area contributed by atoms with Crippen LogP contribution in [-0.2, 0) is 0 Å². The number of hydrogen-bond donors (Lipinski definition) is 0. The van der Waals surface area contributed by atoms with Crippen molar-refractivity contribution < 1.29 is 4.42 Å². The van der Waals surface area contributed by atoms with Crippen LogP contribution in [0.3, 0.4) is 0 Å². The van der Waals surface area contributed by atoms with Crippen molar-refractivity contribution in [3.63, 3.8) is 0 Å². The number of pyridine rings is 1. The van der Waals surface area contributed by atoms with E-state index in [1.165, 1.54) is 55.2 Å². The first-order valence-electron chi connectivity index (χ1n) is 20.8. The van der Waals surface area contributed by atoms with Gasteiger partial charge in [0.1, 0.15) is 11.2 Å². The van der Waals surface area contributed by atoms with E-state index in [4.69, 9.17) is 4.42 Å². The summed E-state index contributed by atoms with van der Waals surface area (Å²) in [5.41, 5.74) is 18.1. The number of para-hydroxylation sites is 3. The summed E-state index contributed by atoms with van der Waals surface area (Å²) in [7, 11) is 0. The van der Waals surface area contributed by atoms with Gasteiger partial charge in [-0.15, -0.1) is 0 Å². The highest BCUT2D eigenvalue weighted by Crippen LogP contribution is 2.43. The molecule has 0 radical (unpaired) electrons. The zero-order chi connectivity index (χ0) is 40.3. The molecule has 0 fully saturated rings. The predicted octanol–water partition coefficient (Wildman–Crippen LogP) is 16.3. The number of nitrogens with zero attached hydrogens (tertiary/aromatic N) is 2. The van der Waals surface area contributed by atoms with Gasteiger partial charge in [0.15, 0.2) is 0 Å². The van der Waals surface area contributed by atoms with Crippen LogP contribution in [0.5, 0.6) is 0 Å². The van der Waals surface area contributed by atoms with Gasteiger partial charge in [0, 0.05) is 44.3 Å². The van der Waals surface area contributed by atoms with Gasteiger partial charge in [-0.25, -0.2) is 0 Å². The molecule has 61 heavy (non-hydrogen) atoms. The zero-order valence-corrected chi connectivity index (χ0v) is 33.2. The van der Waals surface area contributed by atoms with E-state index in [9.17, 15) is 0 Å². The highest BCUT2D eigenvalue weighted by molar-refractivity contribution is 6.12. The van der Waals surface area contributed by atoms with Gasteiger partial charge in [0.2, 0.25) is 0 Å². The minimum absolute atomic E-state index is 0.900. The molecule has 0 atom stereocenters. The van der Waals surface area contributed by atoms with Gasteiger partial charge in [0.05, 0.1) is 16.6 Å². The standard InChI is InChI=1S/C58H38N2O/c1-3-12-39(13-4-1)41-22-30-46(31-23-41)59(47-32-24-42(25-33-47)40-14-5-2-6-15-40)48-34-26-43(27-35-48)49-19-11-16-44-29-37-54-57(52-18-7-9-20-53(52)60(54)58(44)49)45-28-36-51-50-17-8-10-21-55(50)61-56(51)38-45/h1-38H. The molecule has 3 nitrogen and oxygen atoms in total. The molecule has 0 saturated heterocycles. The van der Waals surface area contributed by atoms with E-state index in [0.717, 1.165) is 55.6 Å². The molecule has 0 saturated carbocycles. The van der Waals surface area contributed by atoms with E-state index in [2.05, 4.69) is 228 Å². The number of hydrogen-bond acceptors (Lipinski definition) is 2. The molecule has 12 rings (SSSR count). The topological polar surface area (TPSA) is 20.8 Å². The molecule has 3 heterocycles. The minimum atomic E-state index is 0.900. The summed E-state index contributed by atoms with van der Waals surface area (Å²) in [5.74, 6) is 0. The largest absolute Gasteiger partial charge is 0.456 e. The van der Waals surface area contributed by atoms with Gasteiger partial charge >= 0.3 is 0 Å². The van der Waals surface area contributed by atoms with E-state index in [1.807, 2.05) is 12.1 Å². The fourth-order valence-corrected chi connectivity index (χ4v) is 9.29. The average molecular weight is 779 g/mol. The second-order valence-corrected chi connectivity index (χ2v) is 15.7. The molecule has 12 aromatic rings. The summed E-state index contributed by atoms with van der Waals surface area (Å²) in [6, 6.07) is 82.9. The number of furan rings is 1. The van der Waals surface area contributed by atoms with Gasteiger partial charge in [-0.1, -0.05) is 164 Å². The maximum absolute atomic E-state index is 6.38. The van der Waals surface area contributed by atoms with Crippen molar-refractivity contribution in [3.8, 4) is 44.5 Å². The van der Waals surface area contributed by atoms with Crippen LogP contribution in [0.4, 0.5) is 17.1 Å². The number of anilines is 3. The van der Waals surface area contributed by atoms with Gasteiger partial charge in [-0.05, 0) is 105 Å². The predicted molar refractivity (Wildman–Crippen MR) is 256 cm³/mol. The average Bonchev–Trinajstić information content (AvgIpc) is 3.88. The maximum atomic E-state index is 6.38. The Morgan fingerprint density at radius 1 is 0.328 bits per heavy atom. The number of fused-ring (bicyclic) bond motifs is 8. The third-order valence-corrected chi connectivity index (χ3v) is 12.2. The first kappa shape index (κ1) is 34.9. The molecule has 0 aliphatic rings. The van der Waals surface area contributed by atoms with Crippen molar-refractivity contribution in [1.82, 2.24) is 4.40 Å². The van der Waals surface area contributed by atoms with Gasteiger partial charge in [-0.2, -0.15) is 0 Å². The Hall–Kier alpha value is -8.14. The molecule has 0 aliphatic carbocycles. The molecule has 0 spiro atoms. The molecule has 0 N–H and O–H groups in total. The Morgan fingerprint density at radius 2 is 0.852 bits per heavy atom. The summed E-state index contributed by atoms with van der Waals surface area (Å²) >= 11 is 0. The van der Waals surface area contributed by atoms with E-state index in [1.54, 1.807) is 0 Å². The Balaban J connectivity index is 0.983. The van der Waals surface area contributed by atoms with Gasteiger partial charge in [0.25, 0.3) is 0 Å². The summed E-state index contributed by atoms with van der Waals surface area (Å²) in [6.45, 7) is 0. The fourth-order valence-electron chi connectivity index (χ4n) is 9.29. The first-order valence-corrected chi connectivity index (χ1v) is 20.8. The van der Waals surface area contributed by atoms with Gasteiger partial charge in [-0.3, -0.25) is 0 Å². The summed E-state index contributed by atoms with van der Waals surface area (Å²) in [4.78, 5) is 2.35. The molecule has 0 amide bonds. The van der Waals surface area contributed by atoms with Crippen LogP contribution < -0.4 is 4.90 Å². The van der Waals surface area contributed by atoms with Crippen molar-refractivity contribution in [2.45, 2.75) is 0 Å².